The van der Waals surface area contributed by atoms with Gasteiger partial charge in [-0.15, -0.1) is 11.3 Å². The second kappa shape index (κ2) is 7.34. The van der Waals surface area contributed by atoms with Gasteiger partial charge in [0.05, 0.1) is 14.2 Å². The molecule has 21 heavy (non-hydrogen) atoms. The Morgan fingerprint density at radius 3 is 2.38 bits per heavy atom. The second-order valence-corrected chi connectivity index (χ2v) is 9.89. The zero-order valence-corrected chi connectivity index (χ0v) is 15.7. The molecule has 1 N–H and O–H groups in total. The number of hydrogen-bond acceptors (Lipinski definition) is 4. The monoisotopic (exact) mass is 453 g/mol. The lowest BCUT2D eigenvalue weighted by atomic mass is 10.2. The van der Waals surface area contributed by atoms with Crippen LogP contribution in [0.15, 0.2) is 48.9 Å². The van der Waals surface area contributed by atoms with Crippen molar-refractivity contribution in [1.82, 2.24) is 4.31 Å². The van der Waals surface area contributed by atoms with E-state index in [1.807, 2.05) is 30.3 Å². The summed E-state index contributed by atoms with van der Waals surface area (Å²) in [6.07, 6.45) is 0. The number of sulfonamides is 1. The summed E-state index contributed by atoms with van der Waals surface area (Å²) in [5.74, 6) is 0. The van der Waals surface area contributed by atoms with Crippen LogP contribution in [-0.2, 0) is 16.6 Å². The van der Waals surface area contributed by atoms with Gasteiger partial charge >= 0.3 is 0 Å². The van der Waals surface area contributed by atoms with Crippen LogP contribution in [0.3, 0.4) is 0 Å². The Hall–Kier alpha value is -0.250. The molecule has 0 aliphatic rings. The van der Waals surface area contributed by atoms with Crippen molar-refractivity contribution in [2.45, 2.75) is 11.4 Å². The molecule has 1 aromatic heterocycles. The molecule has 0 unspecified atom stereocenters. The van der Waals surface area contributed by atoms with Gasteiger partial charge in [-0.2, -0.15) is 4.31 Å². The van der Waals surface area contributed by atoms with Gasteiger partial charge in [0.25, 0.3) is 0 Å². The number of aliphatic hydroxyl groups excluding tert-OH is 1. The molecule has 2 aromatic rings. The normalized spacial score (nSPS) is 12.0. The van der Waals surface area contributed by atoms with Crippen LogP contribution in [0.1, 0.15) is 5.56 Å². The molecule has 0 spiro atoms. The average molecular weight is 455 g/mol. The van der Waals surface area contributed by atoms with Crippen molar-refractivity contribution < 1.29 is 13.5 Å². The average Bonchev–Trinajstić information content (AvgIpc) is 2.79. The van der Waals surface area contributed by atoms with E-state index in [1.165, 1.54) is 15.6 Å². The third kappa shape index (κ3) is 4.14. The van der Waals surface area contributed by atoms with Crippen LogP contribution in [-0.4, -0.2) is 31.0 Å². The highest BCUT2D eigenvalue weighted by Crippen LogP contribution is 2.36. The topological polar surface area (TPSA) is 57.6 Å². The van der Waals surface area contributed by atoms with E-state index in [0.717, 1.165) is 9.35 Å². The molecule has 0 saturated heterocycles. The summed E-state index contributed by atoms with van der Waals surface area (Å²) in [5.41, 5.74) is 0.875. The van der Waals surface area contributed by atoms with Crippen LogP contribution >= 0.6 is 43.2 Å². The fraction of sp³-hybridized carbons (Fsp3) is 0.231. The Bertz CT molecular complexity index is 701. The molecule has 0 atom stereocenters. The van der Waals surface area contributed by atoms with E-state index in [4.69, 9.17) is 0 Å². The molecule has 1 heterocycles. The van der Waals surface area contributed by atoms with Gasteiger partial charge in [-0.1, -0.05) is 30.3 Å². The lowest BCUT2D eigenvalue weighted by molar-refractivity contribution is 0.251. The highest BCUT2D eigenvalue weighted by molar-refractivity contribution is 9.12. The van der Waals surface area contributed by atoms with Crippen LogP contribution < -0.4 is 0 Å². The summed E-state index contributed by atoms with van der Waals surface area (Å²) in [5, 5.41) is 9.17. The molecule has 114 valence electrons. The first kappa shape index (κ1) is 17.1. The van der Waals surface area contributed by atoms with E-state index in [9.17, 15) is 13.5 Å². The summed E-state index contributed by atoms with van der Waals surface area (Å²) in [6.45, 7) is 0.0514. The maximum atomic E-state index is 12.7. The van der Waals surface area contributed by atoms with Gasteiger partial charge in [0.1, 0.15) is 4.90 Å². The first-order valence-corrected chi connectivity index (χ1v) is 9.89. The van der Waals surface area contributed by atoms with Crippen LogP contribution in [0.25, 0.3) is 0 Å². The maximum Gasteiger partial charge on any atom is 0.245 e. The van der Waals surface area contributed by atoms with E-state index in [1.54, 1.807) is 6.07 Å². The second-order valence-electron chi connectivity index (χ2n) is 4.24. The minimum Gasteiger partial charge on any atom is -0.395 e. The third-order valence-electron chi connectivity index (χ3n) is 2.79. The summed E-state index contributed by atoms with van der Waals surface area (Å²) in [4.78, 5) is 0.212. The zero-order valence-electron chi connectivity index (χ0n) is 10.9. The standard InChI is InChI=1S/C13H13Br2NO3S2/c14-12-8-11(13(15)20-12)21(18,19)16(6-7-17)9-10-4-2-1-3-5-10/h1-5,8,17H,6-7,9H2. The van der Waals surface area contributed by atoms with Crippen LogP contribution in [0.4, 0.5) is 0 Å². The number of hydrogen-bond donors (Lipinski definition) is 1. The van der Waals surface area contributed by atoms with Crippen molar-refractivity contribution in [2.24, 2.45) is 0 Å². The molecular weight excluding hydrogens is 442 g/mol. The van der Waals surface area contributed by atoms with Crippen molar-refractivity contribution in [2.75, 3.05) is 13.2 Å². The number of rotatable bonds is 6. The Morgan fingerprint density at radius 2 is 1.86 bits per heavy atom. The Labute approximate surface area is 144 Å². The van der Waals surface area contributed by atoms with Crippen LogP contribution in [0.5, 0.6) is 0 Å². The van der Waals surface area contributed by atoms with Crippen molar-refractivity contribution >= 4 is 53.2 Å². The van der Waals surface area contributed by atoms with E-state index in [2.05, 4.69) is 31.9 Å². The first-order chi connectivity index (χ1) is 9.95. The van der Waals surface area contributed by atoms with Gasteiger partial charge in [-0.05, 0) is 43.5 Å². The molecule has 0 aliphatic carbocycles. The lowest BCUT2D eigenvalue weighted by Crippen LogP contribution is -2.33. The van der Waals surface area contributed by atoms with Crippen LogP contribution in [0.2, 0.25) is 0 Å². The maximum absolute atomic E-state index is 12.7. The molecule has 0 bridgehead atoms. The molecule has 8 heteroatoms. The predicted molar refractivity (Wildman–Crippen MR) is 90.8 cm³/mol. The third-order valence-corrected chi connectivity index (χ3v) is 7.39. The number of aliphatic hydroxyl groups is 1. The predicted octanol–water partition coefficient (Wildman–Crippen LogP) is 3.46. The van der Waals surface area contributed by atoms with Gasteiger partial charge in [-0.3, -0.25) is 0 Å². The minimum atomic E-state index is -3.66. The fourth-order valence-electron chi connectivity index (χ4n) is 1.82. The molecule has 1 aromatic carbocycles. The first-order valence-electron chi connectivity index (χ1n) is 6.05. The number of benzene rings is 1. The highest BCUT2D eigenvalue weighted by Gasteiger charge is 2.28. The molecule has 0 radical (unpaired) electrons. The Morgan fingerprint density at radius 1 is 1.19 bits per heavy atom. The van der Waals surface area contributed by atoms with Crippen LogP contribution in [0, 0.1) is 0 Å². The van der Waals surface area contributed by atoms with Crippen molar-refractivity contribution in [1.29, 1.82) is 0 Å². The number of halogens is 2. The summed E-state index contributed by atoms with van der Waals surface area (Å²) < 4.78 is 28.0. The van der Waals surface area contributed by atoms with E-state index in [-0.39, 0.29) is 24.6 Å². The Balaban J connectivity index is 2.35. The fourth-order valence-corrected chi connectivity index (χ4v) is 7.00. The highest BCUT2D eigenvalue weighted by atomic mass is 79.9. The smallest absolute Gasteiger partial charge is 0.245 e. The number of thiophene rings is 1. The van der Waals surface area contributed by atoms with Gasteiger partial charge in [0.15, 0.2) is 0 Å². The summed E-state index contributed by atoms with van der Waals surface area (Å²) in [7, 11) is -3.66. The van der Waals surface area contributed by atoms with Gasteiger partial charge < -0.3 is 5.11 Å². The van der Waals surface area contributed by atoms with Gasteiger partial charge in [0.2, 0.25) is 10.0 Å². The van der Waals surface area contributed by atoms with Crippen molar-refractivity contribution in [3.05, 3.63) is 49.5 Å². The van der Waals surface area contributed by atoms with E-state index >= 15 is 0 Å². The van der Waals surface area contributed by atoms with Crippen molar-refractivity contribution in [3.63, 3.8) is 0 Å². The summed E-state index contributed by atoms with van der Waals surface area (Å²) in [6, 6.07) is 10.9. The molecule has 0 saturated carbocycles. The quantitative estimate of drug-likeness (QED) is 0.727. The molecule has 0 amide bonds. The largest absolute Gasteiger partial charge is 0.395 e. The molecule has 4 nitrogen and oxygen atoms in total. The molecular formula is C13H13Br2NO3S2. The minimum absolute atomic E-state index is 0.0527. The Kier molecular flexibility index (Phi) is 5.98. The summed E-state index contributed by atoms with van der Waals surface area (Å²) >= 11 is 7.87. The molecule has 0 fully saturated rings. The number of nitrogens with zero attached hydrogens (tertiary/aromatic N) is 1. The van der Waals surface area contributed by atoms with Crippen molar-refractivity contribution in [3.8, 4) is 0 Å². The lowest BCUT2D eigenvalue weighted by Gasteiger charge is -2.21. The SMILES string of the molecule is O=S(=O)(c1cc(Br)sc1Br)N(CCO)Cc1ccccc1. The molecule has 2 rings (SSSR count). The van der Waals surface area contributed by atoms with Gasteiger partial charge in [0, 0.05) is 13.1 Å². The van der Waals surface area contributed by atoms with E-state index < -0.39 is 10.0 Å². The van der Waals surface area contributed by atoms with E-state index in [0.29, 0.717) is 3.79 Å². The van der Waals surface area contributed by atoms with Gasteiger partial charge in [-0.25, -0.2) is 8.42 Å². The zero-order chi connectivity index (χ0) is 15.5. The molecule has 0 aliphatic heterocycles.